The Balaban J connectivity index is 1.08. The summed E-state index contributed by atoms with van der Waals surface area (Å²) in [6.07, 6.45) is 4.61. The third-order valence-corrected chi connectivity index (χ3v) is 9.22. The van der Waals surface area contributed by atoms with Crippen molar-refractivity contribution in [3.63, 3.8) is 0 Å². The zero-order valence-corrected chi connectivity index (χ0v) is 13.8. The minimum Gasteiger partial charge on any atom is -0.375 e. The fourth-order valence-corrected chi connectivity index (χ4v) is 9.17. The number of aryl methyl sites for hydroxylation is 1. The molecule has 5 aliphatic carbocycles. The van der Waals surface area contributed by atoms with E-state index in [-0.39, 0.29) is 5.82 Å². The molecule has 7 aliphatic rings. The first-order chi connectivity index (χ1) is 11.7. The van der Waals surface area contributed by atoms with Crippen LogP contribution in [-0.4, -0.2) is 28.3 Å². The first-order valence-corrected chi connectivity index (χ1v) is 9.95. The van der Waals surface area contributed by atoms with Crippen LogP contribution in [0.15, 0.2) is 24.3 Å². The highest BCUT2D eigenvalue weighted by Crippen LogP contribution is 2.90. The molecule has 1 N–H and O–H groups in total. The van der Waals surface area contributed by atoms with Gasteiger partial charge in [-0.2, -0.15) is 0 Å². The third kappa shape index (κ3) is 1.15. The van der Waals surface area contributed by atoms with Crippen molar-refractivity contribution in [1.82, 2.24) is 4.90 Å². The summed E-state index contributed by atoms with van der Waals surface area (Å²) in [5, 5.41) is 11.6. The van der Waals surface area contributed by atoms with Crippen LogP contribution >= 0.6 is 0 Å². The molecule has 0 amide bonds. The minimum absolute atomic E-state index is 0.130. The highest BCUT2D eigenvalue weighted by molar-refractivity contribution is 5.40. The monoisotopic (exact) mass is 325 g/mol. The molecule has 4 bridgehead atoms. The number of benzene rings is 1. The molecule has 24 heavy (non-hydrogen) atoms. The van der Waals surface area contributed by atoms with Gasteiger partial charge in [-0.1, -0.05) is 12.1 Å². The average molecular weight is 325 g/mol. The van der Waals surface area contributed by atoms with Gasteiger partial charge in [0.2, 0.25) is 0 Å². The zero-order valence-electron chi connectivity index (χ0n) is 13.8. The third-order valence-electron chi connectivity index (χ3n) is 9.22. The molecule has 3 heteroatoms. The second-order valence-corrected chi connectivity index (χ2v) is 9.48. The van der Waals surface area contributed by atoms with Gasteiger partial charge >= 0.3 is 0 Å². The zero-order chi connectivity index (χ0) is 15.8. The SMILES string of the molecule is OC12C3C4CC5C6C4C1C6C(C53)N2CCCCc1cccc(F)c1. The standard InChI is InChI=1S/C21H24FNO/c22-11-6-3-5-10(8-11)4-1-2-7-23-20-16-12-9-13-15-14(12)17(20)19(15)21(23,24)18(13)16/h3,5-6,8,12-20,24H,1-2,4,7,9H2. The summed E-state index contributed by atoms with van der Waals surface area (Å²) in [7, 11) is 0. The summed E-state index contributed by atoms with van der Waals surface area (Å²) in [5.74, 6) is 6.56. The van der Waals surface area contributed by atoms with Crippen LogP contribution in [0.25, 0.3) is 0 Å². The maximum atomic E-state index is 13.3. The number of unbranched alkanes of at least 4 members (excludes halogenated alkanes) is 1. The second-order valence-electron chi connectivity index (χ2n) is 9.48. The van der Waals surface area contributed by atoms with Gasteiger partial charge in [0.15, 0.2) is 0 Å². The number of hydrogen-bond acceptors (Lipinski definition) is 2. The highest BCUT2D eigenvalue weighted by atomic mass is 19.1. The van der Waals surface area contributed by atoms with Gasteiger partial charge in [-0.15, -0.1) is 0 Å². The largest absolute Gasteiger partial charge is 0.375 e. The van der Waals surface area contributed by atoms with Crippen molar-refractivity contribution in [3.05, 3.63) is 35.6 Å². The maximum absolute atomic E-state index is 13.3. The lowest BCUT2D eigenvalue weighted by Crippen LogP contribution is -2.51. The van der Waals surface area contributed by atoms with Crippen molar-refractivity contribution in [1.29, 1.82) is 0 Å². The molecule has 2 saturated heterocycles. The van der Waals surface area contributed by atoms with Gasteiger partial charge in [0.1, 0.15) is 11.5 Å². The van der Waals surface area contributed by atoms with Crippen LogP contribution in [0.3, 0.4) is 0 Å². The van der Waals surface area contributed by atoms with Crippen LogP contribution in [-0.2, 0) is 6.42 Å². The minimum atomic E-state index is -0.421. The molecule has 5 saturated carbocycles. The van der Waals surface area contributed by atoms with Crippen molar-refractivity contribution in [2.45, 2.75) is 37.5 Å². The molecule has 126 valence electrons. The Bertz CT molecular complexity index is 751. The van der Waals surface area contributed by atoms with Gasteiger partial charge in [-0.3, -0.25) is 4.90 Å². The molecule has 2 aliphatic heterocycles. The lowest BCUT2D eigenvalue weighted by molar-refractivity contribution is -0.131. The molecule has 0 aromatic heterocycles. The molecule has 2 nitrogen and oxygen atoms in total. The maximum Gasteiger partial charge on any atom is 0.125 e. The second kappa shape index (κ2) is 3.91. The molecule has 8 rings (SSSR count). The fraction of sp³-hybridized carbons (Fsp3) is 0.714. The Hall–Kier alpha value is -0.930. The van der Waals surface area contributed by atoms with Crippen LogP contribution in [0.2, 0.25) is 0 Å². The van der Waals surface area contributed by atoms with E-state index in [1.807, 2.05) is 6.07 Å². The van der Waals surface area contributed by atoms with E-state index < -0.39 is 5.72 Å². The normalized spacial score (nSPS) is 56.8. The molecular weight excluding hydrogens is 301 g/mol. The molecule has 7 fully saturated rings. The molecule has 0 spiro atoms. The smallest absolute Gasteiger partial charge is 0.125 e. The van der Waals surface area contributed by atoms with Crippen LogP contribution in [0.4, 0.5) is 4.39 Å². The lowest BCUT2D eigenvalue weighted by Gasteiger charge is -2.45. The van der Waals surface area contributed by atoms with Crippen LogP contribution in [0, 0.1) is 53.2 Å². The van der Waals surface area contributed by atoms with Gasteiger partial charge in [-0.05, 0) is 78.9 Å². The molecule has 10 atom stereocenters. The van der Waals surface area contributed by atoms with Crippen molar-refractivity contribution in [3.8, 4) is 0 Å². The summed E-state index contributed by atoms with van der Waals surface area (Å²) < 4.78 is 13.3. The van der Waals surface area contributed by atoms with Crippen molar-refractivity contribution in [2.75, 3.05) is 6.54 Å². The molecule has 10 unspecified atom stereocenters. The van der Waals surface area contributed by atoms with E-state index in [9.17, 15) is 9.50 Å². The number of hydrogen-bond donors (Lipinski definition) is 1. The Labute approximate surface area is 142 Å². The van der Waals surface area contributed by atoms with Crippen LogP contribution in [0.1, 0.15) is 24.8 Å². The topological polar surface area (TPSA) is 23.5 Å². The first-order valence-electron chi connectivity index (χ1n) is 9.95. The Morgan fingerprint density at radius 3 is 2.88 bits per heavy atom. The van der Waals surface area contributed by atoms with E-state index in [4.69, 9.17) is 0 Å². The van der Waals surface area contributed by atoms with E-state index >= 15 is 0 Å². The number of nitrogens with zero attached hydrogens (tertiary/aromatic N) is 1. The molecule has 1 aromatic carbocycles. The summed E-state index contributed by atoms with van der Waals surface area (Å²) in [4.78, 5) is 2.56. The highest BCUT2D eigenvalue weighted by Gasteiger charge is 2.93. The molecule has 0 radical (unpaired) electrons. The van der Waals surface area contributed by atoms with E-state index in [1.54, 1.807) is 12.1 Å². The van der Waals surface area contributed by atoms with E-state index in [1.165, 1.54) is 12.5 Å². The predicted octanol–water partition coefficient (Wildman–Crippen LogP) is 2.91. The van der Waals surface area contributed by atoms with E-state index in [0.29, 0.717) is 11.8 Å². The number of rotatable bonds is 5. The van der Waals surface area contributed by atoms with Gasteiger partial charge in [0.05, 0.1) is 0 Å². The molecule has 1 aromatic rings. The number of halogens is 1. The fourth-order valence-electron chi connectivity index (χ4n) is 9.17. The number of aliphatic hydroxyl groups is 1. The molecular formula is C21H24FNO. The Morgan fingerprint density at radius 1 is 1.08 bits per heavy atom. The van der Waals surface area contributed by atoms with Gasteiger partial charge in [-0.25, -0.2) is 4.39 Å². The van der Waals surface area contributed by atoms with E-state index in [0.717, 1.165) is 72.9 Å². The van der Waals surface area contributed by atoms with E-state index in [2.05, 4.69) is 4.90 Å². The Kier molecular flexibility index (Phi) is 2.17. The van der Waals surface area contributed by atoms with Crippen molar-refractivity contribution < 1.29 is 9.50 Å². The quantitative estimate of drug-likeness (QED) is 0.842. The lowest BCUT2D eigenvalue weighted by atomic mass is 9.59. The summed E-state index contributed by atoms with van der Waals surface area (Å²) >= 11 is 0. The average Bonchev–Trinajstić information content (AvgIpc) is 3.17. The summed E-state index contributed by atoms with van der Waals surface area (Å²) in [6.45, 7) is 1.05. The van der Waals surface area contributed by atoms with Crippen molar-refractivity contribution >= 4 is 0 Å². The van der Waals surface area contributed by atoms with Crippen LogP contribution < -0.4 is 0 Å². The van der Waals surface area contributed by atoms with Crippen LogP contribution in [0.5, 0.6) is 0 Å². The first kappa shape index (κ1) is 13.3. The van der Waals surface area contributed by atoms with Crippen molar-refractivity contribution in [2.24, 2.45) is 47.3 Å². The van der Waals surface area contributed by atoms with Gasteiger partial charge in [0.25, 0.3) is 0 Å². The molecule has 2 heterocycles. The summed E-state index contributed by atoms with van der Waals surface area (Å²) in [6, 6.07) is 7.72. The summed E-state index contributed by atoms with van der Waals surface area (Å²) in [5.41, 5.74) is 0.680. The predicted molar refractivity (Wildman–Crippen MR) is 87.3 cm³/mol. The Morgan fingerprint density at radius 2 is 2.00 bits per heavy atom. The van der Waals surface area contributed by atoms with Gasteiger partial charge in [0, 0.05) is 24.4 Å². The van der Waals surface area contributed by atoms with Gasteiger partial charge < -0.3 is 5.11 Å².